The number of nitrogens with zero attached hydrogens (tertiary/aromatic N) is 3. The van der Waals surface area contributed by atoms with Crippen molar-refractivity contribution in [3.63, 3.8) is 0 Å². The van der Waals surface area contributed by atoms with Crippen LogP contribution in [0.25, 0.3) is 11.1 Å². The lowest BCUT2D eigenvalue weighted by Gasteiger charge is -2.08. The SMILES string of the molecule is N#Cc1c(N)[nH]c(=O)c(C#N)c1-c1ccc([N+](=O)[O-])c(F)c1. The molecule has 0 bridgehead atoms. The highest BCUT2D eigenvalue weighted by atomic mass is 19.1. The Bertz CT molecular complexity index is 936. The summed E-state index contributed by atoms with van der Waals surface area (Å²) in [5, 5.41) is 28.8. The second-order valence-corrected chi connectivity index (χ2v) is 4.14. The molecule has 1 heterocycles. The number of pyridine rings is 1. The molecule has 0 aliphatic heterocycles. The lowest BCUT2D eigenvalue weighted by atomic mass is 9.96. The zero-order chi connectivity index (χ0) is 16.4. The van der Waals surface area contributed by atoms with E-state index < -0.39 is 27.6 Å². The molecule has 0 radical (unpaired) electrons. The van der Waals surface area contributed by atoms with E-state index in [1.54, 1.807) is 12.1 Å². The molecule has 0 amide bonds. The molecule has 22 heavy (non-hydrogen) atoms. The summed E-state index contributed by atoms with van der Waals surface area (Å²) in [6, 6.07) is 6.12. The summed E-state index contributed by atoms with van der Waals surface area (Å²) in [4.78, 5) is 23.6. The average molecular weight is 299 g/mol. The molecule has 9 heteroatoms. The molecule has 1 aromatic heterocycles. The largest absolute Gasteiger partial charge is 0.384 e. The molecule has 0 unspecified atom stereocenters. The Labute approximate surface area is 122 Å². The van der Waals surface area contributed by atoms with Gasteiger partial charge in [0.25, 0.3) is 5.56 Å². The van der Waals surface area contributed by atoms with E-state index in [1.165, 1.54) is 0 Å². The van der Waals surface area contributed by atoms with E-state index in [9.17, 15) is 19.3 Å². The van der Waals surface area contributed by atoms with Gasteiger partial charge in [-0.25, -0.2) is 0 Å². The highest BCUT2D eigenvalue weighted by molar-refractivity contribution is 5.80. The van der Waals surface area contributed by atoms with E-state index in [2.05, 4.69) is 4.98 Å². The average Bonchev–Trinajstić information content (AvgIpc) is 2.46. The van der Waals surface area contributed by atoms with Gasteiger partial charge in [0.05, 0.1) is 4.92 Å². The number of aromatic amines is 1. The summed E-state index contributed by atoms with van der Waals surface area (Å²) in [5.74, 6) is -1.44. The van der Waals surface area contributed by atoms with Crippen molar-refractivity contribution in [2.45, 2.75) is 0 Å². The fraction of sp³-hybridized carbons (Fsp3) is 0. The summed E-state index contributed by atoms with van der Waals surface area (Å²) in [7, 11) is 0. The van der Waals surface area contributed by atoms with Gasteiger partial charge < -0.3 is 10.7 Å². The first-order valence-electron chi connectivity index (χ1n) is 5.71. The fourth-order valence-corrected chi connectivity index (χ4v) is 1.94. The number of nitro benzene ring substituents is 1. The van der Waals surface area contributed by atoms with Gasteiger partial charge >= 0.3 is 5.69 Å². The summed E-state index contributed by atoms with van der Waals surface area (Å²) < 4.78 is 13.7. The summed E-state index contributed by atoms with van der Waals surface area (Å²) >= 11 is 0. The number of halogens is 1. The van der Waals surface area contributed by atoms with E-state index in [0.29, 0.717) is 0 Å². The van der Waals surface area contributed by atoms with Gasteiger partial charge in [-0.1, -0.05) is 0 Å². The Morgan fingerprint density at radius 1 is 1.27 bits per heavy atom. The van der Waals surface area contributed by atoms with E-state index in [0.717, 1.165) is 18.2 Å². The van der Waals surface area contributed by atoms with Crippen LogP contribution in [0.1, 0.15) is 11.1 Å². The van der Waals surface area contributed by atoms with Crippen molar-refractivity contribution >= 4 is 11.5 Å². The number of rotatable bonds is 2. The molecule has 8 nitrogen and oxygen atoms in total. The molecule has 0 spiro atoms. The Hall–Kier alpha value is -3.72. The number of nitrogens with two attached hydrogens (primary N) is 1. The van der Waals surface area contributed by atoms with Gasteiger partial charge in [0.15, 0.2) is 0 Å². The third kappa shape index (κ3) is 2.23. The molecule has 2 aromatic rings. The third-order valence-corrected chi connectivity index (χ3v) is 2.90. The molecule has 0 saturated heterocycles. The first-order chi connectivity index (χ1) is 10.4. The van der Waals surface area contributed by atoms with Crippen molar-refractivity contribution in [3.05, 3.63) is 55.6 Å². The third-order valence-electron chi connectivity index (χ3n) is 2.90. The summed E-state index contributed by atoms with van der Waals surface area (Å²) in [6.45, 7) is 0. The number of H-pyrrole nitrogens is 1. The minimum absolute atomic E-state index is 0.0333. The van der Waals surface area contributed by atoms with Crippen molar-refractivity contribution < 1.29 is 9.31 Å². The number of nitro groups is 1. The minimum atomic E-state index is -1.16. The number of aromatic nitrogens is 1. The Kier molecular flexibility index (Phi) is 3.57. The second-order valence-electron chi connectivity index (χ2n) is 4.14. The van der Waals surface area contributed by atoms with Gasteiger partial charge in [0.2, 0.25) is 5.82 Å². The zero-order valence-corrected chi connectivity index (χ0v) is 10.8. The zero-order valence-electron chi connectivity index (χ0n) is 10.8. The summed E-state index contributed by atoms with van der Waals surface area (Å²) in [5.41, 5.74) is 3.07. The van der Waals surface area contributed by atoms with E-state index >= 15 is 0 Å². The van der Waals surface area contributed by atoms with Crippen LogP contribution in [-0.4, -0.2) is 9.91 Å². The lowest BCUT2D eigenvalue weighted by molar-refractivity contribution is -0.387. The van der Waals surface area contributed by atoms with E-state index in [1.807, 2.05) is 0 Å². The van der Waals surface area contributed by atoms with Gasteiger partial charge in [-0.3, -0.25) is 14.9 Å². The summed E-state index contributed by atoms with van der Waals surface area (Å²) in [6.07, 6.45) is 0. The first kappa shape index (κ1) is 14.7. The van der Waals surface area contributed by atoms with Gasteiger partial charge in [-0.05, 0) is 17.7 Å². The van der Waals surface area contributed by atoms with Crippen LogP contribution in [0.15, 0.2) is 23.0 Å². The molecule has 3 N–H and O–H groups in total. The molecule has 2 rings (SSSR count). The van der Waals surface area contributed by atoms with Crippen LogP contribution in [0.2, 0.25) is 0 Å². The lowest BCUT2D eigenvalue weighted by Crippen LogP contribution is -2.16. The molecular weight excluding hydrogens is 293 g/mol. The van der Waals surface area contributed by atoms with Crippen molar-refractivity contribution in [3.8, 4) is 23.3 Å². The van der Waals surface area contributed by atoms with Crippen LogP contribution >= 0.6 is 0 Å². The predicted octanol–water partition coefficient (Wildman–Crippen LogP) is 1.41. The minimum Gasteiger partial charge on any atom is -0.384 e. The number of nitrogen functional groups attached to an aromatic ring is 1. The van der Waals surface area contributed by atoms with Gasteiger partial charge in [-0.15, -0.1) is 0 Å². The van der Waals surface area contributed by atoms with Crippen molar-refractivity contribution in [2.24, 2.45) is 0 Å². The van der Waals surface area contributed by atoms with E-state index in [-0.39, 0.29) is 22.5 Å². The van der Waals surface area contributed by atoms with Gasteiger partial charge in [0.1, 0.15) is 29.1 Å². The smallest absolute Gasteiger partial charge is 0.304 e. The van der Waals surface area contributed by atoms with Crippen LogP contribution in [-0.2, 0) is 0 Å². The molecule has 0 fully saturated rings. The fourth-order valence-electron chi connectivity index (χ4n) is 1.94. The molecule has 0 aliphatic rings. The van der Waals surface area contributed by atoms with Crippen LogP contribution < -0.4 is 11.3 Å². The van der Waals surface area contributed by atoms with Crippen LogP contribution in [0.4, 0.5) is 15.9 Å². The van der Waals surface area contributed by atoms with Gasteiger partial charge in [0, 0.05) is 11.6 Å². The Balaban J connectivity index is 2.87. The monoisotopic (exact) mass is 299 g/mol. The van der Waals surface area contributed by atoms with E-state index in [4.69, 9.17) is 16.3 Å². The first-order valence-corrected chi connectivity index (χ1v) is 5.71. The molecular formula is C13H6FN5O3. The number of anilines is 1. The van der Waals surface area contributed by atoms with Gasteiger partial charge in [-0.2, -0.15) is 14.9 Å². The van der Waals surface area contributed by atoms with Crippen molar-refractivity contribution in [1.29, 1.82) is 10.5 Å². The number of benzene rings is 1. The molecule has 1 aromatic carbocycles. The standard InChI is InChI=1S/C13H6FN5O3/c14-9-3-6(1-2-10(9)19(21)22)11-7(4-15)12(17)18-13(20)8(11)5-16/h1-3H,(H3,17,18,20). The highest BCUT2D eigenvalue weighted by Crippen LogP contribution is 2.30. The van der Waals surface area contributed by atoms with Crippen molar-refractivity contribution in [2.75, 3.05) is 5.73 Å². The number of hydrogen-bond donors (Lipinski definition) is 2. The molecule has 0 saturated carbocycles. The Morgan fingerprint density at radius 2 is 1.91 bits per heavy atom. The van der Waals surface area contributed by atoms with Crippen LogP contribution in [0, 0.1) is 38.6 Å². The normalized spacial score (nSPS) is 9.77. The maximum atomic E-state index is 13.7. The van der Waals surface area contributed by atoms with Crippen LogP contribution in [0.5, 0.6) is 0 Å². The van der Waals surface area contributed by atoms with Crippen molar-refractivity contribution in [1.82, 2.24) is 4.98 Å². The number of nitrogens with one attached hydrogen (secondary N) is 1. The van der Waals surface area contributed by atoms with Crippen LogP contribution in [0.3, 0.4) is 0 Å². The molecule has 0 atom stereocenters. The second kappa shape index (κ2) is 5.34. The molecule has 0 aliphatic carbocycles. The number of nitriles is 2. The molecule has 108 valence electrons. The maximum absolute atomic E-state index is 13.7. The number of hydrogen-bond acceptors (Lipinski definition) is 6. The highest BCUT2D eigenvalue weighted by Gasteiger charge is 2.21. The quantitative estimate of drug-likeness (QED) is 0.632. The predicted molar refractivity (Wildman–Crippen MR) is 73.0 cm³/mol. The Morgan fingerprint density at radius 3 is 2.41 bits per heavy atom. The topological polar surface area (TPSA) is 150 Å². The maximum Gasteiger partial charge on any atom is 0.304 e.